The van der Waals surface area contributed by atoms with Crippen LogP contribution < -0.4 is 10.1 Å². The number of carbonyl (C=O) groups is 1. The number of thioether (sulfide) groups is 1. The van der Waals surface area contributed by atoms with Gasteiger partial charge in [-0.1, -0.05) is 66.7 Å². The van der Waals surface area contributed by atoms with Gasteiger partial charge in [0.25, 0.3) is 5.91 Å². The molecule has 0 bridgehead atoms. The van der Waals surface area contributed by atoms with Crippen LogP contribution in [0.15, 0.2) is 72.8 Å². The predicted octanol–water partition coefficient (Wildman–Crippen LogP) is 4.66. The Morgan fingerprint density at radius 1 is 1.00 bits per heavy atom. The highest BCUT2D eigenvalue weighted by atomic mass is 32.2. The van der Waals surface area contributed by atoms with Crippen molar-refractivity contribution in [2.75, 3.05) is 12.3 Å². The van der Waals surface area contributed by atoms with Gasteiger partial charge in [-0.15, -0.1) is 0 Å². The van der Waals surface area contributed by atoms with Gasteiger partial charge < -0.3 is 10.1 Å². The Morgan fingerprint density at radius 3 is 2.58 bits per heavy atom. The lowest BCUT2D eigenvalue weighted by Crippen LogP contribution is -2.37. The maximum atomic E-state index is 12.3. The van der Waals surface area contributed by atoms with Gasteiger partial charge in [0, 0.05) is 23.4 Å². The van der Waals surface area contributed by atoms with Crippen molar-refractivity contribution in [1.82, 2.24) is 5.32 Å². The molecule has 0 aromatic heterocycles. The highest BCUT2D eigenvalue weighted by Gasteiger charge is 2.15. The summed E-state index contributed by atoms with van der Waals surface area (Å²) in [6.07, 6.45) is -0.528. The van der Waals surface area contributed by atoms with E-state index < -0.39 is 6.10 Å². The molecule has 0 fully saturated rings. The van der Waals surface area contributed by atoms with Crippen molar-refractivity contribution in [1.29, 1.82) is 0 Å². The number of rotatable bonds is 8. The fourth-order valence-electron chi connectivity index (χ4n) is 2.70. The molecule has 134 valence electrons. The summed E-state index contributed by atoms with van der Waals surface area (Å²) in [5.41, 5.74) is 1.30. The first-order valence-electron chi connectivity index (χ1n) is 8.78. The molecule has 1 N–H and O–H groups in total. The Kier molecular flexibility index (Phi) is 6.56. The van der Waals surface area contributed by atoms with Gasteiger partial charge in [0.05, 0.1) is 0 Å². The molecular formula is C22H23NO2S. The van der Waals surface area contributed by atoms with Gasteiger partial charge in [-0.2, -0.15) is 11.8 Å². The number of nitrogens with one attached hydrogen (secondary N) is 1. The monoisotopic (exact) mass is 365 g/mol. The van der Waals surface area contributed by atoms with Gasteiger partial charge in [0.2, 0.25) is 0 Å². The van der Waals surface area contributed by atoms with Crippen molar-refractivity contribution in [3.63, 3.8) is 0 Å². The van der Waals surface area contributed by atoms with E-state index in [-0.39, 0.29) is 5.91 Å². The number of fused-ring (bicyclic) bond motifs is 1. The van der Waals surface area contributed by atoms with E-state index in [9.17, 15) is 4.79 Å². The number of carbonyl (C=O) groups excluding carboxylic acids is 1. The Morgan fingerprint density at radius 2 is 1.73 bits per heavy atom. The quantitative estimate of drug-likeness (QED) is 0.590. The van der Waals surface area contributed by atoms with Gasteiger partial charge in [-0.25, -0.2) is 0 Å². The molecule has 0 saturated heterocycles. The lowest BCUT2D eigenvalue weighted by molar-refractivity contribution is -0.127. The van der Waals surface area contributed by atoms with E-state index in [1.165, 1.54) is 5.56 Å². The molecule has 0 spiro atoms. The van der Waals surface area contributed by atoms with Crippen LogP contribution in [-0.2, 0) is 10.5 Å². The third kappa shape index (κ3) is 5.02. The normalized spacial score (nSPS) is 11.9. The van der Waals surface area contributed by atoms with Crippen molar-refractivity contribution in [3.05, 3.63) is 78.4 Å². The van der Waals surface area contributed by atoms with Crippen molar-refractivity contribution in [2.24, 2.45) is 0 Å². The molecule has 26 heavy (non-hydrogen) atoms. The molecule has 1 unspecified atom stereocenters. The lowest BCUT2D eigenvalue weighted by Gasteiger charge is -2.16. The first kappa shape index (κ1) is 18.3. The second-order valence-corrected chi connectivity index (χ2v) is 7.17. The Labute approximate surface area is 158 Å². The Balaban J connectivity index is 1.44. The van der Waals surface area contributed by atoms with E-state index in [1.54, 1.807) is 6.92 Å². The minimum absolute atomic E-state index is 0.0850. The van der Waals surface area contributed by atoms with Crippen LogP contribution in [0.1, 0.15) is 12.5 Å². The maximum Gasteiger partial charge on any atom is 0.260 e. The summed E-state index contributed by atoms with van der Waals surface area (Å²) in [4.78, 5) is 12.3. The standard InChI is InChI=1S/C22H23NO2S/c1-17(25-21-13-7-11-19-10-5-6-12-20(19)21)22(24)23-14-15-26-16-18-8-3-2-4-9-18/h2-13,17H,14-16H2,1H3,(H,23,24). The van der Waals surface area contributed by atoms with Crippen molar-refractivity contribution >= 4 is 28.4 Å². The predicted molar refractivity (Wildman–Crippen MR) is 110 cm³/mol. The summed E-state index contributed by atoms with van der Waals surface area (Å²) in [6, 6.07) is 24.3. The van der Waals surface area contributed by atoms with Crippen molar-refractivity contribution < 1.29 is 9.53 Å². The summed E-state index contributed by atoms with van der Waals surface area (Å²) < 4.78 is 5.90. The third-order valence-electron chi connectivity index (χ3n) is 4.08. The van der Waals surface area contributed by atoms with Crippen molar-refractivity contribution in [3.8, 4) is 5.75 Å². The highest BCUT2D eigenvalue weighted by molar-refractivity contribution is 7.98. The minimum atomic E-state index is -0.528. The number of benzene rings is 3. The second kappa shape index (κ2) is 9.30. The average Bonchev–Trinajstić information content (AvgIpc) is 2.68. The number of hydrogen-bond acceptors (Lipinski definition) is 3. The van der Waals surface area contributed by atoms with Gasteiger partial charge in [0.1, 0.15) is 5.75 Å². The first-order valence-corrected chi connectivity index (χ1v) is 9.93. The summed E-state index contributed by atoms with van der Waals surface area (Å²) in [7, 11) is 0. The van der Waals surface area contributed by atoms with Gasteiger partial charge in [0.15, 0.2) is 6.10 Å². The van der Waals surface area contributed by atoms with E-state index in [0.717, 1.165) is 28.0 Å². The molecule has 3 rings (SSSR count). The van der Waals surface area contributed by atoms with Crippen LogP contribution in [0, 0.1) is 0 Å². The molecule has 0 radical (unpaired) electrons. The zero-order valence-electron chi connectivity index (χ0n) is 14.9. The topological polar surface area (TPSA) is 38.3 Å². The van der Waals surface area contributed by atoms with E-state index in [2.05, 4.69) is 17.4 Å². The number of hydrogen-bond donors (Lipinski definition) is 1. The van der Waals surface area contributed by atoms with Crippen LogP contribution in [0.3, 0.4) is 0 Å². The van der Waals surface area contributed by atoms with Crippen LogP contribution in [0.5, 0.6) is 5.75 Å². The fraction of sp³-hybridized carbons (Fsp3) is 0.227. The highest BCUT2D eigenvalue weighted by Crippen LogP contribution is 2.26. The van der Waals surface area contributed by atoms with Crippen LogP contribution in [0.4, 0.5) is 0 Å². The SMILES string of the molecule is CC(Oc1cccc2ccccc12)C(=O)NCCSCc1ccccc1. The smallest absolute Gasteiger partial charge is 0.260 e. The molecule has 3 nitrogen and oxygen atoms in total. The molecule has 0 aliphatic carbocycles. The number of amides is 1. The van der Waals surface area contributed by atoms with E-state index in [0.29, 0.717) is 6.54 Å². The van der Waals surface area contributed by atoms with Gasteiger partial charge in [-0.05, 0) is 23.9 Å². The van der Waals surface area contributed by atoms with Crippen LogP contribution >= 0.6 is 11.8 Å². The Hall–Kier alpha value is -2.46. The van der Waals surface area contributed by atoms with E-state index in [1.807, 2.05) is 72.4 Å². The largest absolute Gasteiger partial charge is 0.480 e. The summed E-state index contributed by atoms with van der Waals surface area (Å²) in [5, 5.41) is 5.08. The lowest BCUT2D eigenvalue weighted by atomic mass is 10.1. The maximum absolute atomic E-state index is 12.3. The Bertz CT molecular complexity index is 846. The summed E-state index contributed by atoms with van der Waals surface area (Å²) in [5.74, 6) is 2.49. The molecular weight excluding hydrogens is 342 g/mol. The number of ether oxygens (including phenoxy) is 1. The molecule has 4 heteroatoms. The van der Waals surface area contributed by atoms with Gasteiger partial charge >= 0.3 is 0 Å². The van der Waals surface area contributed by atoms with E-state index >= 15 is 0 Å². The molecule has 3 aromatic rings. The van der Waals surface area contributed by atoms with Gasteiger partial charge in [-0.3, -0.25) is 4.79 Å². The molecule has 0 aliphatic rings. The van der Waals surface area contributed by atoms with Crippen LogP contribution in [0.25, 0.3) is 10.8 Å². The molecule has 1 amide bonds. The molecule has 1 atom stereocenters. The first-order chi connectivity index (χ1) is 12.7. The third-order valence-corrected chi connectivity index (χ3v) is 5.11. The fourth-order valence-corrected chi connectivity index (χ4v) is 3.52. The van der Waals surface area contributed by atoms with Crippen LogP contribution in [-0.4, -0.2) is 24.3 Å². The molecule has 3 aromatic carbocycles. The van der Waals surface area contributed by atoms with Crippen LogP contribution in [0.2, 0.25) is 0 Å². The molecule has 0 heterocycles. The van der Waals surface area contributed by atoms with Crippen molar-refractivity contribution in [2.45, 2.75) is 18.8 Å². The zero-order chi connectivity index (χ0) is 18.2. The van der Waals surface area contributed by atoms with E-state index in [4.69, 9.17) is 4.74 Å². The summed E-state index contributed by atoms with van der Waals surface area (Å²) >= 11 is 1.81. The zero-order valence-corrected chi connectivity index (χ0v) is 15.7. The second-order valence-electron chi connectivity index (χ2n) is 6.07. The molecule has 0 saturated carbocycles. The molecule has 0 aliphatic heterocycles. The summed E-state index contributed by atoms with van der Waals surface area (Å²) in [6.45, 7) is 2.42. The average molecular weight is 365 g/mol. The minimum Gasteiger partial charge on any atom is -0.480 e.